The van der Waals surface area contributed by atoms with Gasteiger partial charge in [0, 0.05) is 18.9 Å². The van der Waals surface area contributed by atoms with Crippen molar-refractivity contribution in [3.63, 3.8) is 0 Å². The number of benzene rings is 1. The second-order valence-corrected chi connectivity index (χ2v) is 6.85. The van der Waals surface area contributed by atoms with Gasteiger partial charge in [-0.05, 0) is 60.6 Å². The lowest BCUT2D eigenvalue weighted by Crippen LogP contribution is -2.26. The first-order valence-electron chi connectivity index (χ1n) is 8.61. The molecule has 0 saturated carbocycles. The zero-order chi connectivity index (χ0) is 16.4. The molecule has 1 aromatic carbocycles. The number of carbonyl (C=O) groups is 1. The van der Waals surface area contributed by atoms with Crippen LogP contribution in [-0.4, -0.2) is 19.7 Å². The van der Waals surface area contributed by atoms with E-state index in [4.69, 9.17) is 9.47 Å². The number of hydrogen-bond acceptors (Lipinski definition) is 3. The maximum Gasteiger partial charge on any atom is 0.188 e. The Labute approximate surface area is 138 Å². The van der Waals surface area contributed by atoms with Crippen LogP contribution in [0.3, 0.4) is 0 Å². The molecule has 1 atom stereocenters. The zero-order valence-electron chi connectivity index (χ0n) is 14.4. The van der Waals surface area contributed by atoms with E-state index in [2.05, 4.69) is 19.1 Å². The molecular weight excluding hydrogens is 288 g/mol. The molecule has 0 amide bonds. The minimum atomic E-state index is 0.0824. The van der Waals surface area contributed by atoms with Gasteiger partial charge in [0.05, 0.1) is 0 Å². The average Bonchev–Trinajstić information content (AvgIpc) is 2.82. The molecule has 2 aliphatic carbocycles. The Kier molecular flexibility index (Phi) is 4.58. The first-order valence-corrected chi connectivity index (χ1v) is 8.61. The third-order valence-electron chi connectivity index (χ3n) is 5.39. The fourth-order valence-electron chi connectivity index (χ4n) is 4.23. The number of unbranched alkanes of at least 4 members (excludes halogenated alkanes) is 1. The van der Waals surface area contributed by atoms with Crippen LogP contribution in [-0.2, 0) is 16.0 Å². The van der Waals surface area contributed by atoms with Crippen LogP contribution in [0.2, 0.25) is 0 Å². The second-order valence-electron chi connectivity index (χ2n) is 6.85. The topological polar surface area (TPSA) is 35.5 Å². The molecule has 3 heteroatoms. The molecule has 0 heterocycles. The van der Waals surface area contributed by atoms with Crippen LogP contribution in [0.4, 0.5) is 0 Å². The largest absolute Gasteiger partial charge is 0.468 e. The molecule has 0 spiro atoms. The van der Waals surface area contributed by atoms with E-state index in [1.54, 1.807) is 7.11 Å². The highest BCUT2D eigenvalue weighted by atomic mass is 16.7. The SMILES string of the molecule is CCCCC12CCc3cc(OCOC)ccc3C1=C(C)C(=O)C2. The lowest BCUT2D eigenvalue weighted by Gasteiger charge is -2.37. The van der Waals surface area contributed by atoms with E-state index in [9.17, 15) is 4.79 Å². The summed E-state index contributed by atoms with van der Waals surface area (Å²) >= 11 is 0. The molecule has 0 aromatic heterocycles. The molecule has 3 nitrogen and oxygen atoms in total. The number of methoxy groups -OCH3 is 1. The molecule has 3 rings (SSSR count). The maximum absolute atomic E-state index is 12.4. The summed E-state index contributed by atoms with van der Waals surface area (Å²) in [6, 6.07) is 6.25. The van der Waals surface area contributed by atoms with Gasteiger partial charge in [0.15, 0.2) is 12.6 Å². The van der Waals surface area contributed by atoms with Crippen LogP contribution in [0.25, 0.3) is 5.57 Å². The lowest BCUT2D eigenvalue weighted by molar-refractivity contribution is -0.116. The van der Waals surface area contributed by atoms with E-state index < -0.39 is 0 Å². The van der Waals surface area contributed by atoms with E-state index in [1.807, 2.05) is 13.0 Å². The van der Waals surface area contributed by atoms with Gasteiger partial charge in [-0.1, -0.05) is 25.8 Å². The monoisotopic (exact) mass is 314 g/mol. The van der Waals surface area contributed by atoms with E-state index in [-0.39, 0.29) is 12.2 Å². The number of hydrogen-bond donors (Lipinski definition) is 0. The molecule has 0 fully saturated rings. The minimum absolute atomic E-state index is 0.0824. The Morgan fingerprint density at radius 2 is 2.13 bits per heavy atom. The van der Waals surface area contributed by atoms with Crippen molar-refractivity contribution >= 4 is 11.4 Å². The van der Waals surface area contributed by atoms with Crippen LogP contribution >= 0.6 is 0 Å². The molecule has 124 valence electrons. The van der Waals surface area contributed by atoms with Crippen molar-refractivity contribution in [1.29, 1.82) is 0 Å². The third kappa shape index (κ3) is 2.83. The lowest BCUT2D eigenvalue weighted by atomic mass is 9.66. The van der Waals surface area contributed by atoms with Gasteiger partial charge in [0.1, 0.15) is 5.75 Å². The Morgan fingerprint density at radius 1 is 1.30 bits per heavy atom. The first kappa shape index (κ1) is 16.3. The van der Waals surface area contributed by atoms with Gasteiger partial charge in [0.2, 0.25) is 0 Å². The maximum atomic E-state index is 12.4. The number of ether oxygens (including phenoxy) is 2. The number of allylic oxidation sites excluding steroid dienone is 2. The number of Topliss-reactive ketones (excluding diaryl/α,β-unsaturated/α-hetero) is 1. The number of rotatable bonds is 6. The van der Waals surface area contributed by atoms with Gasteiger partial charge in [-0.2, -0.15) is 0 Å². The Bertz CT molecular complexity index is 644. The highest BCUT2D eigenvalue weighted by molar-refractivity contribution is 6.09. The van der Waals surface area contributed by atoms with Crippen LogP contribution in [0.15, 0.2) is 23.8 Å². The van der Waals surface area contributed by atoms with Crippen molar-refractivity contribution in [2.45, 2.75) is 52.4 Å². The van der Waals surface area contributed by atoms with Crippen molar-refractivity contribution in [2.75, 3.05) is 13.9 Å². The fourth-order valence-corrected chi connectivity index (χ4v) is 4.23. The zero-order valence-corrected chi connectivity index (χ0v) is 14.4. The van der Waals surface area contributed by atoms with Gasteiger partial charge in [-0.15, -0.1) is 0 Å². The van der Waals surface area contributed by atoms with Crippen molar-refractivity contribution in [3.05, 3.63) is 34.9 Å². The molecule has 0 saturated heterocycles. The van der Waals surface area contributed by atoms with E-state index in [0.29, 0.717) is 12.2 Å². The normalized spacial score (nSPS) is 23.0. The highest BCUT2D eigenvalue weighted by Gasteiger charge is 2.46. The van der Waals surface area contributed by atoms with E-state index in [0.717, 1.165) is 30.6 Å². The third-order valence-corrected chi connectivity index (χ3v) is 5.39. The number of carbonyl (C=O) groups excluding carboxylic acids is 1. The number of ketones is 1. The molecular formula is C20H26O3. The highest BCUT2D eigenvalue weighted by Crippen LogP contribution is 2.56. The van der Waals surface area contributed by atoms with E-state index in [1.165, 1.54) is 29.5 Å². The smallest absolute Gasteiger partial charge is 0.188 e. The number of aryl methyl sites for hydroxylation is 1. The molecule has 0 radical (unpaired) electrons. The Balaban J connectivity index is 1.99. The minimum Gasteiger partial charge on any atom is -0.468 e. The summed E-state index contributed by atoms with van der Waals surface area (Å²) in [6.07, 6.45) is 6.30. The Hall–Kier alpha value is -1.61. The molecule has 2 aliphatic rings. The number of fused-ring (bicyclic) bond motifs is 3. The van der Waals surface area contributed by atoms with Gasteiger partial charge in [-0.3, -0.25) is 4.79 Å². The molecule has 0 bridgehead atoms. The predicted molar refractivity (Wildman–Crippen MR) is 91.4 cm³/mol. The van der Waals surface area contributed by atoms with Crippen LogP contribution in [0.5, 0.6) is 5.75 Å². The van der Waals surface area contributed by atoms with Gasteiger partial charge in [0.25, 0.3) is 0 Å². The summed E-state index contributed by atoms with van der Waals surface area (Å²) in [5.74, 6) is 1.18. The summed E-state index contributed by atoms with van der Waals surface area (Å²) in [6.45, 7) is 4.50. The quantitative estimate of drug-likeness (QED) is 0.723. The second kappa shape index (κ2) is 6.48. The molecule has 23 heavy (non-hydrogen) atoms. The summed E-state index contributed by atoms with van der Waals surface area (Å²) in [5, 5.41) is 0. The van der Waals surface area contributed by atoms with Gasteiger partial charge < -0.3 is 9.47 Å². The summed E-state index contributed by atoms with van der Waals surface area (Å²) in [5.41, 5.74) is 4.94. The van der Waals surface area contributed by atoms with Crippen LogP contribution in [0.1, 0.15) is 57.1 Å². The average molecular weight is 314 g/mol. The summed E-state index contributed by atoms with van der Waals surface area (Å²) in [4.78, 5) is 12.4. The van der Waals surface area contributed by atoms with Crippen LogP contribution < -0.4 is 4.74 Å². The summed E-state index contributed by atoms with van der Waals surface area (Å²) in [7, 11) is 1.62. The van der Waals surface area contributed by atoms with Crippen molar-refractivity contribution in [1.82, 2.24) is 0 Å². The molecule has 1 aromatic rings. The predicted octanol–water partition coefficient (Wildman–Crippen LogP) is 4.54. The van der Waals surface area contributed by atoms with Crippen molar-refractivity contribution < 1.29 is 14.3 Å². The molecule has 1 unspecified atom stereocenters. The Morgan fingerprint density at radius 3 is 2.87 bits per heavy atom. The first-order chi connectivity index (χ1) is 11.1. The van der Waals surface area contributed by atoms with Crippen LogP contribution in [0, 0.1) is 5.41 Å². The summed E-state index contributed by atoms with van der Waals surface area (Å²) < 4.78 is 10.5. The van der Waals surface area contributed by atoms with Crippen molar-refractivity contribution in [2.24, 2.45) is 5.41 Å². The van der Waals surface area contributed by atoms with Gasteiger partial charge in [-0.25, -0.2) is 0 Å². The van der Waals surface area contributed by atoms with E-state index >= 15 is 0 Å². The van der Waals surface area contributed by atoms with Gasteiger partial charge >= 0.3 is 0 Å². The standard InChI is InChI=1S/C20H26O3/c1-4-5-9-20-10-8-15-11-16(23-13-22-3)6-7-17(15)19(20)14(2)18(21)12-20/h6-7,11H,4-5,8-10,12-13H2,1-3H3. The molecule has 0 aliphatic heterocycles. The van der Waals surface area contributed by atoms with Crippen molar-refractivity contribution in [3.8, 4) is 5.75 Å². The fraction of sp³-hybridized carbons (Fsp3) is 0.550. The molecule has 0 N–H and O–H groups in total.